The van der Waals surface area contributed by atoms with Gasteiger partial charge in [-0.3, -0.25) is 10.5 Å². The summed E-state index contributed by atoms with van der Waals surface area (Å²) in [7, 11) is 1.64. The summed E-state index contributed by atoms with van der Waals surface area (Å²) in [4.78, 5) is 1.10. The van der Waals surface area contributed by atoms with Gasteiger partial charge in [-0.25, -0.2) is 5.43 Å². The monoisotopic (exact) mass is 344 g/mol. The number of hydrogen-bond acceptors (Lipinski definition) is 5. The average Bonchev–Trinajstić information content (AvgIpc) is 2.98. The van der Waals surface area contributed by atoms with Crippen molar-refractivity contribution in [3.05, 3.63) is 32.7 Å². The zero-order valence-electron chi connectivity index (χ0n) is 11.1. The lowest BCUT2D eigenvalue weighted by atomic mass is 10.1. The minimum Gasteiger partial charge on any atom is -0.493 e. The number of nitrogens with two attached hydrogens (primary N) is 1. The van der Waals surface area contributed by atoms with Gasteiger partial charge in [0.1, 0.15) is 11.7 Å². The predicted molar refractivity (Wildman–Crippen MR) is 80.3 cm³/mol. The van der Waals surface area contributed by atoms with Gasteiger partial charge < -0.3 is 4.74 Å². The number of hydrogen-bond donors (Lipinski definition) is 2. The summed E-state index contributed by atoms with van der Waals surface area (Å²) < 4.78 is 8.36. The molecule has 2 rings (SSSR count). The van der Waals surface area contributed by atoms with Crippen molar-refractivity contribution in [3.63, 3.8) is 0 Å². The van der Waals surface area contributed by atoms with Gasteiger partial charge in [0.05, 0.1) is 13.3 Å². The Kier molecular flexibility index (Phi) is 4.62. The lowest BCUT2D eigenvalue weighted by molar-refractivity contribution is 0.394. The van der Waals surface area contributed by atoms with E-state index in [1.807, 2.05) is 16.1 Å². The molecule has 1 atom stereocenters. The molecule has 5 nitrogen and oxygen atoms in total. The lowest BCUT2D eigenvalue weighted by Gasteiger charge is -2.20. The smallest absolute Gasteiger partial charge is 0.162 e. The van der Waals surface area contributed by atoms with Crippen LogP contribution < -0.4 is 16.0 Å². The molecule has 0 radical (unpaired) electrons. The molecule has 0 aromatic carbocycles. The van der Waals surface area contributed by atoms with Gasteiger partial charge in [0, 0.05) is 15.4 Å². The van der Waals surface area contributed by atoms with Gasteiger partial charge in [-0.15, -0.1) is 11.3 Å². The lowest BCUT2D eigenvalue weighted by Crippen LogP contribution is -2.31. The Morgan fingerprint density at radius 3 is 2.74 bits per heavy atom. The Morgan fingerprint density at radius 2 is 2.26 bits per heavy atom. The highest BCUT2D eigenvalue weighted by atomic mass is 79.9. The molecule has 0 aliphatic rings. The average molecular weight is 345 g/mol. The maximum Gasteiger partial charge on any atom is 0.162 e. The fraction of sp³-hybridized carbons (Fsp3) is 0.417. The highest BCUT2D eigenvalue weighted by molar-refractivity contribution is 9.10. The van der Waals surface area contributed by atoms with Crippen molar-refractivity contribution < 1.29 is 4.74 Å². The number of nitrogens with one attached hydrogen (secondary N) is 1. The fourth-order valence-electron chi connectivity index (χ4n) is 1.99. The van der Waals surface area contributed by atoms with Crippen LogP contribution in [0.2, 0.25) is 0 Å². The summed E-state index contributed by atoms with van der Waals surface area (Å²) in [5.74, 6) is 6.49. The topological polar surface area (TPSA) is 65.1 Å². The van der Waals surface area contributed by atoms with Crippen LogP contribution in [0, 0.1) is 0 Å². The van der Waals surface area contributed by atoms with E-state index < -0.39 is 0 Å². The highest BCUT2D eigenvalue weighted by Crippen LogP contribution is 2.37. The van der Waals surface area contributed by atoms with E-state index in [-0.39, 0.29) is 12.1 Å². The summed E-state index contributed by atoms with van der Waals surface area (Å²) in [6.07, 6.45) is 1.72. The maximum absolute atomic E-state index is 5.76. The minimum atomic E-state index is -0.158. The number of nitrogens with zero attached hydrogens (tertiary/aromatic N) is 2. The Balaban J connectivity index is 2.54. The van der Waals surface area contributed by atoms with Crippen molar-refractivity contribution in [2.24, 2.45) is 5.84 Å². The highest BCUT2D eigenvalue weighted by Gasteiger charge is 2.26. The molecule has 0 spiro atoms. The molecule has 0 aliphatic heterocycles. The number of halogens is 1. The van der Waals surface area contributed by atoms with Crippen LogP contribution in [0.5, 0.6) is 5.75 Å². The largest absolute Gasteiger partial charge is 0.493 e. The molecular formula is C12H17BrN4OS. The minimum absolute atomic E-state index is 0.158. The molecule has 0 amide bonds. The molecule has 0 fully saturated rings. The molecule has 0 saturated carbocycles. The van der Waals surface area contributed by atoms with Crippen LogP contribution in [-0.4, -0.2) is 16.9 Å². The van der Waals surface area contributed by atoms with Crippen molar-refractivity contribution in [3.8, 4) is 5.75 Å². The molecule has 3 N–H and O–H groups in total. The molecule has 19 heavy (non-hydrogen) atoms. The van der Waals surface area contributed by atoms with Crippen LogP contribution in [0.4, 0.5) is 0 Å². The maximum atomic E-state index is 5.76. The molecule has 1 unspecified atom stereocenters. The van der Waals surface area contributed by atoms with Crippen molar-refractivity contribution in [1.29, 1.82) is 0 Å². The first kappa shape index (κ1) is 14.5. The normalized spacial score (nSPS) is 12.9. The van der Waals surface area contributed by atoms with Gasteiger partial charge >= 0.3 is 0 Å². The van der Waals surface area contributed by atoms with Crippen LogP contribution >= 0.6 is 27.3 Å². The Labute approximate surface area is 124 Å². The molecule has 0 bridgehead atoms. The number of thiophene rings is 1. The molecular weight excluding hydrogens is 328 g/mol. The van der Waals surface area contributed by atoms with Gasteiger partial charge in [-0.2, -0.15) is 5.10 Å². The standard InChI is InChI=1S/C12H17BrN4OS/c1-7(2)17-11(9(18-3)6-15-17)10(16-14)12-8(13)4-5-19-12/h4-7,10,16H,14H2,1-3H3. The third kappa shape index (κ3) is 2.69. The van der Waals surface area contributed by atoms with Crippen LogP contribution in [0.15, 0.2) is 22.1 Å². The summed E-state index contributed by atoms with van der Waals surface area (Å²) in [6.45, 7) is 4.15. The van der Waals surface area contributed by atoms with E-state index in [1.165, 1.54) is 0 Å². The van der Waals surface area contributed by atoms with Crippen LogP contribution in [0.3, 0.4) is 0 Å². The molecule has 104 valence electrons. The van der Waals surface area contributed by atoms with E-state index in [2.05, 4.69) is 40.3 Å². The van der Waals surface area contributed by atoms with E-state index in [0.717, 1.165) is 20.8 Å². The van der Waals surface area contributed by atoms with Crippen molar-refractivity contribution in [2.75, 3.05) is 7.11 Å². The fourth-order valence-corrected chi connectivity index (χ4v) is 3.65. The second kappa shape index (κ2) is 6.04. The summed E-state index contributed by atoms with van der Waals surface area (Å²) in [6, 6.07) is 2.08. The second-order valence-electron chi connectivity index (χ2n) is 4.37. The van der Waals surface area contributed by atoms with Gasteiger partial charge in [0.25, 0.3) is 0 Å². The summed E-state index contributed by atoms with van der Waals surface area (Å²) in [5, 5.41) is 6.40. The predicted octanol–water partition coefficient (Wildman–Crippen LogP) is 2.85. The quantitative estimate of drug-likeness (QED) is 0.646. The van der Waals surface area contributed by atoms with Crippen molar-refractivity contribution in [1.82, 2.24) is 15.2 Å². The SMILES string of the molecule is COc1cnn(C(C)C)c1C(NN)c1sccc1Br. The van der Waals surface area contributed by atoms with Crippen LogP contribution in [-0.2, 0) is 0 Å². The Bertz CT molecular complexity index is 552. The first-order chi connectivity index (χ1) is 9.10. The van der Waals surface area contributed by atoms with E-state index >= 15 is 0 Å². The van der Waals surface area contributed by atoms with E-state index in [0.29, 0.717) is 0 Å². The first-order valence-electron chi connectivity index (χ1n) is 5.90. The van der Waals surface area contributed by atoms with Crippen LogP contribution in [0.25, 0.3) is 0 Å². The first-order valence-corrected chi connectivity index (χ1v) is 7.57. The number of ether oxygens (including phenoxy) is 1. The van der Waals surface area contributed by atoms with E-state index in [9.17, 15) is 0 Å². The van der Waals surface area contributed by atoms with E-state index in [4.69, 9.17) is 10.6 Å². The molecule has 2 aromatic rings. The molecule has 2 heterocycles. The number of rotatable bonds is 5. The molecule has 0 aliphatic carbocycles. The number of hydrazine groups is 1. The van der Waals surface area contributed by atoms with Crippen LogP contribution in [0.1, 0.15) is 36.5 Å². The molecule has 7 heteroatoms. The molecule has 0 saturated heterocycles. The zero-order valence-corrected chi connectivity index (χ0v) is 13.5. The van der Waals surface area contributed by atoms with Gasteiger partial charge in [-0.1, -0.05) is 0 Å². The van der Waals surface area contributed by atoms with Crippen molar-refractivity contribution in [2.45, 2.75) is 25.9 Å². The third-order valence-corrected chi connectivity index (χ3v) is 4.79. The van der Waals surface area contributed by atoms with Crippen molar-refractivity contribution >= 4 is 27.3 Å². The summed E-state index contributed by atoms with van der Waals surface area (Å²) >= 11 is 5.18. The van der Waals surface area contributed by atoms with Gasteiger partial charge in [-0.05, 0) is 41.2 Å². The number of methoxy groups -OCH3 is 1. The number of aromatic nitrogens is 2. The second-order valence-corrected chi connectivity index (χ2v) is 6.17. The van der Waals surface area contributed by atoms with Gasteiger partial charge in [0.2, 0.25) is 0 Å². The summed E-state index contributed by atoms with van der Waals surface area (Å²) in [5.41, 5.74) is 3.79. The Morgan fingerprint density at radius 1 is 1.53 bits per heavy atom. The van der Waals surface area contributed by atoms with E-state index in [1.54, 1.807) is 24.6 Å². The third-order valence-electron chi connectivity index (χ3n) is 2.85. The molecule has 2 aromatic heterocycles. The zero-order chi connectivity index (χ0) is 14.0. The van der Waals surface area contributed by atoms with Gasteiger partial charge in [0.15, 0.2) is 5.75 Å². The Hall–Kier alpha value is -0.890.